The fraction of sp³-hybridized carbons (Fsp3) is 0.500. The second-order valence-electron chi connectivity index (χ2n) is 33.0. The highest BCUT2D eigenvalue weighted by molar-refractivity contribution is 7.00. The number of hydrogen-bond donors (Lipinski definition) is 0. The van der Waals surface area contributed by atoms with Crippen LogP contribution in [0.15, 0.2) is 89.3 Å². The van der Waals surface area contributed by atoms with Crippen LogP contribution in [-0.4, -0.2) is 6.71 Å². The van der Waals surface area contributed by atoms with Gasteiger partial charge in [0.2, 0.25) is 0 Å². The first kappa shape index (κ1) is 53.8. The number of anilines is 6. The SMILES string of the molecule is Cc1cc2c3c(c1)N(c1ccc(C(C)(C)C)cc1-c1cc4c(cc1C)C(C)(C)CCC4(C)C)c1c(oc4cc5c(cc14)C(C)(C)CCC5(C)C)B3c1cc3c(cc1N2c1ccc2c(c1)C(C)(C)CCC2(C)C)C(C)(C)CCC3(C)C. The largest absolute Gasteiger partial charge is 0.468 e. The molecule has 0 unspecified atom stereocenters. The lowest BCUT2D eigenvalue weighted by atomic mass is 9.35. The summed E-state index contributed by atoms with van der Waals surface area (Å²) < 4.78 is 7.92. The molecule has 1 aromatic heterocycles. The summed E-state index contributed by atoms with van der Waals surface area (Å²) in [4.78, 5) is 5.43. The molecule has 0 fully saturated rings. The molecule has 4 aliphatic carbocycles. The zero-order valence-electron chi connectivity index (χ0n) is 53.1. The Morgan fingerprint density at radius 1 is 0.412 bits per heavy atom. The maximum atomic E-state index is 7.92. The molecule has 0 N–H and O–H groups in total. The van der Waals surface area contributed by atoms with Crippen LogP contribution in [0.1, 0.15) is 244 Å². The Kier molecular flexibility index (Phi) is 11.2. The highest BCUT2D eigenvalue weighted by atomic mass is 16.3. The molecule has 0 atom stereocenters. The molecular weight excluding hydrogens is 968 g/mol. The lowest BCUT2D eigenvalue weighted by Gasteiger charge is -2.47. The number of rotatable bonds is 3. The number of benzene rings is 6. The molecule has 0 saturated carbocycles. The third kappa shape index (κ3) is 7.77. The minimum atomic E-state index is -0.145. The predicted octanol–water partition coefficient (Wildman–Crippen LogP) is 19.5. The monoisotopic (exact) mass is 1060 g/mol. The minimum absolute atomic E-state index is 0.0103. The Labute approximate surface area is 482 Å². The Morgan fingerprint density at radius 2 is 0.875 bits per heavy atom. The molecule has 0 spiro atoms. The van der Waals surface area contributed by atoms with E-state index in [-0.39, 0.29) is 55.4 Å². The molecule has 4 heteroatoms. The van der Waals surface area contributed by atoms with Gasteiger partial charge in [-0.2, -0.15) is 0 Å². The first-order valence-electron chi connectivity index (χ1n) is 31.0. The van der Waals surface area contributed by atoms with Crippen LogP contribution in [0, 0.1) is 13.8 Å². The third-order valence-corrected chi connectivity index (χ3v) is 22.4. The zero-order chi connectivity index (χ0) is 57.4. The average molecular weight is 1060 g/mol. The van der Waals surface area contributed by atoms with Crippen molar-refractivity contribution >= 4 is 68.4 Å². The van der Waals surface area contributed by atoms with Gasteiger partial charge in [-0.05, 0) is 252 Å². The van der Waals surface area contributed by atoms with Gasteiger partial charge in [0.05, 0.1) is 17.0 Å². The Balaban J connectivity index is 1.18. The summed E-state index contributed by atoms with van der Waals surface area (Å²) in [6.45, 7) is 51.4. The standard InChI is InChI=1S/C76H93BN2O/c1-44-34-62-65-63(35-44)79(60-25-22-46(68(3,4)5)37-49(60)48-39-54-52(36-45(48)2)70(8,9)28-29-72(54,12)13)66-50-40-55-58(76(20,21)33-30-73(55,14)15)43-64(50)80-67(66)77(65)59-41-56-57(75(18,19)32-31-74(56,16)17)42-61(59)78(62)47-23-24-51-53(38-47)71(10,11)27-26-69(51,6)7/h22-25,34-43H,26-33H2,1-21H3. The van der Waals surface area contributed by atoms with Gasteiger partial charge in [0, 0.05) is 33.7 Å². The Morgan fingerprint density at radius 3 is 1.43 bits per heavy atom. The number of aryl methyl sites for hydroxylation is 2. The zero-order valence-corrected chi connectivity index (χ0v) is 53.1. The second kappa shape index (κ2) is 16.6. The van der Waals surface area contributed by atoms with Crippen LogP contribution in [0.5, 0.6) is 0 Å². The van der Waals surface area contributed by atoms with Crippen molar-refractivity contribution in [2.45, 2.75) is 245 Å². The molecule has 0 amide bonds. The van der Waals surface area contributed by atoms with E-state index in [1.807, 2.05) is 0 Å². The molecule has 6 aliphatic rings. The number of fused-ring (bicyclic) bond motifs is 10. The number of furan rings is 1. The fourth-order valence-corrected chi connectivity index (χ4v) is 16.4. The van der Waals surface area contributed by atoms with Gasteiger partial charge in [0.25, 0.3) is 6.71 Å². The van der Waals surface area contributed by atoms with Crippen molar-refractivity contribution in [2.75, 3.05) is 9.80 Å². The van der Waals surface area contributed by atoms with Crippen molar-refractivity contribution in [2.24, 2.45) is 0 Å². The molecule has 0 radical (unpaired) electrons. The van der Waals surface area contributed by atoms with Crippen molar-refractivity contribution in [3.63, 3.8) is 0 Å². The smallest absolute Gasteiger partial charge is 0.297 e. The van der Waals surface area contributed by atoms with Gasteiger partial charge in [-0.3, -0.25) is 0 Å². The first-order chi connectivity index (χ1) is 37.0. The number of nitrogens with zero attached hydrogens (tertiary/aromatic N) is 2. The normalized spacial score (nSPS) is 21.6. The Hall–Kier alpha value is -5.48. The molecule has 2 aliphatic heterocycles. The van der Waals surface area contributed by atoms with Crippen molar-refractivity contribution in [1.29, 1.82) is 0 Å². The molecule has 3 nitrogen and oxygen atoms in total. The lowest BCUT2D eigenvalue weighted by molar-refractivity contribution is 0.332. The maximum absolute atomic E-state index is 7.92. The lowest BCUT2D eigenvalue weighted by Crippen LogP contribution is -2.61. The minimum Gasteiger partial charge on any atom is -0.468 e. The quantitative estimate of drug-likeness (QED) is 0.164. The van der Waals surface area contributed by atoms with E-state index in [0.717, 1.165) is 36.9 Å². The van der Waals surface area contributed by atoms with E-state index in [1.165, 1.54) is 148 Å². The van der Waals surface area contributed by atoms with Crippen molar-refractivity contribution < 1.29 is 4.42 Å². The summed E-state index contributed by atoms with van der Waals surface area (Å²) >= 11 is 0. The Bertz CT molecular complexity index is 3820. The van der Waals surface area contributed by atoms with E-state index in [9.17, 15) is 0 Å². The first-order valence-corrected chi connectivity index (χ1v) is 31.0. The molecule has 3 heterocycles. The van der Waals surface area contributed by atoms with Gasteiger partial charge in [0.15, 0.2) is 0 Å². The van der Waals surface area contributed by atoms with Crippen molar-refractivity contribution in [3.05, 3.63) is 146 Å². The van der Waals surface area contributed by atoms with Gasteiger partial charge in [0.1, 0.15) is 5.58 Å². The molecular formula is C76H93BN2O. The van der Waals surface area contributed by atoms with E-state index >= 15 is 0 Å². The van der Waals surface area contributed by atoms with Gasteiger partial charge in [-0.1, -0.05) is 156 Å². The van der Waals surface area contributed by atoms with E-state index in [1.54, 1.807) is 0 Å². The van der Waals surface area contributed by atoms with Gasteiger partial charge < -0.3 is 14.2 Å². The van der Waals surface area contributed by atoms with Crippen LogP contribution in [-0.2, 0) is 48.7 Å². The average Bonchev–Trinajstić information content (AvgIpc) is 3.94. The van der Waals surface area contributed by atoms with Crippen molar-refractivity contribution in [3.8, 4) is 11.1 Å². The van der Waals surface area contributed by atoms with E-state index in [0.29, 0.717) is 0 Å². The summed E-state index contributed by atoms with van der Waals surface area (Å²) in [5, 5.41) is 1.22. The van der Waals surface area contributed by atoms with Crippen LogP contribution in [0.4, 0.5) is 34.1 Å². The molecule has 0 bridgehead atoms. The topological polar surface area (TPSA) is 19.6 Å². The molecule has 13 rings (SSSR count). The van der Waals surface area contributed by atoms with Crippen molar-refractivity contribution in [1.82, 2.24) is 0 Å². The highest BCUT2D eigenvalue weighted by Crippen LogP contribution is 2.57. The van der Waals surface area contributed by atoms with Crippen LogP contribution < -0.4 is 26.4 Å². The van der Waals surface area contributed by atoms with E-state index in [4.69, 9.17) is 4.42 Å². The van der Waals surface area contributed by atoms with Gasteiger partial charge in [-0.25, -0.2) is 0 Å². The van der Waals surface area contributed by atoms with Crippen LogP contribution in [0.2, 0.25) is 0 Å². The third-order valence-electron chi connectivity index (χ3n) is 22.4. The summed E-state index contributed by atoms with van der Waals surface area (Å²) in [5.74, 6) is 0. The van der Waals surface area contributed by atoms with Crippen LogP contribution in [0.3, 0.4) is 0 Å². The molecule has 6 aromatic carbocycles. The van der Waals surface area contributed by atoms with Crippen LogP contribution >= 0.6 is 0 Å². The maximum Gasteiger partial charge on any atom is 0.297 e. The van der Waals surface area contributed by atoms with E-state index < -0.39 is 0 Å². The molecule has 7 aromatic rings. The number of hydrogen-bond acceptors (Lipinski definition) is 3. The summed E-state index contributed by atoms with van der Waals surface area (Å²) in [6, 6.07) is 35.8. The summed E-state index contributed by atoms with van der Waals surface area (Å²) in [5.41, 5.74) is 31.0. The molecule has 80 heavy (non-hydrogen) atoms. The van der Waals surface area contributed by atoms with Crippen LogP contribution in [0.25, 0.3) is 22.1 Å². The summed E-state index contributed by atoms with van der Waals surface area (Å²) in [7, 11) is 0. The highest BCUT2D eigenvalue weighted by Gasteiger charge is 2.51. The fourth-order valence-electron chi connectivity index (χ4n) is 16.4. The predicted molar refractivity (Wildman–Crippen MR) is 345 cm³/mol. The van der Waals surface area contributed by atoms with Gasteiger partial charge in [-0.15, -0.1) is 0 Å². The molecule has 416 valence electrons. The molecule has 0 saturated heterocycles. The second-order valence-corrected chi connectivity index (χ2v) is 33.0. The van der Waals surface area contributed by atoms with E-state index in [2.05, 4.69) is 240 Å². The van der Waals surface area contributed by atoms with Gasteiger partial charge >= 0.3 is 0 Å². The summed E-state index contributed by atoms with van der Waals surface area (Å²) in [6.07, 6.45) is 9.34.